The Bertz CT molecular complexity index is 313. The smallest absolute Gasteiger partial charge is 0.231 e. The maximum atomic E-state index is 5.26. The van der Waals surface area contributed by atoms with E-state index in [4.69, 9.17) is 9.26 Å². The molecule has 1 N–H and O–H groups in total. The fourth-order valence-electron chi connectivity index (χ4n) is 1.85. The van der Waals surface area contributed by atoms with Crippen molar-refractivity contribution in [2.75, 3.05) is 26.8 Å². The lowest BCUT2D eigenvalue weighted by Crippen LogP contribution is -2.08. The average Bonchev–Trinajstić information content (AvgIpc) is 2.83. The molecule has 84 valence electrons. The van der Waals surface area contributed by atoms with Crippen LogP contribution in [0.15, 0.2) is 4.52 Å². The van der Waals surface area contributed by atoms with Gasteiger partial charge in [0.1, 0.15) is 0 Å². The third-order valence-electron chi connectivity index (χ3n) is 2.85. The van der Waals surface area contributed by atoms with E-state index >= 15 is 0 Å². The molecule has 0 bridgehead atoms. The van der Waals surface area contributed by atoms with Crippen molar-refractivity contribution in [3.05, 3.63) is 11.7 Å². The van der Waals surface area contributed by atoms with Gasteiger partial charge in [-0.15, -0.1) is 0 Å². The molecule has 2 rings (SSSR count). The van der Waals surface area contributed by atoms with Crippen LogP contribution in [0.4, 0.5) is 0 Å². The number of ether oxygens (including phenoxy) is 1. The third-order valence-corrected chi connectivity index (χ3v) is 2.85. The third kappa shape index (κ3) is 2.35. The molecule has 5 heteroatoms. The highest BCUT2D eigenvalue weighted by Gasteiger charge is 2.29. The van der Waals surface area contributed by atoms with Crippen molar-refractivity contribution >= 4 is 0 Å². The molecule has 1 saturated heterocycles. The van der Waals surface area contributed by atoms with Crippen LogP contribution in [0.5, 0.6) is 0 Å². The zero-order chi connectivity index (χ0) is 10.7. The minimum absolute atomic E-state index is 0.369. The van der Waals surface area contributed by atoms with Crippen LogP contribution in [0.1, 0.15) is 24.6 Å². The van der Waals surface area contributed by atoms with Gasteiger partial charge in [0.15, 0.2) is 5.82 Å². The summed E-state index contributed by atoms with van der Waals surface area (Å²) in [5.74, 6) is 2.44. The Morgan fingerprint density at radius 3 is 3.07 bits per heavy atom. The molecule has 0 aromatic carbocycles. The lowest BCUT2D eigenvalue weighted by molar-refractivity contribution is 0.199. The number of hydrogen-bond acceptors (Lipinski definition) is 5. The monoisotopic (exact) mass is 211 g/mol. The summed E-state index contributed by atoms with van der Waals surface area (Å²) >= 11 is 0. The molecule has 0 spiro atoms. The lowest BCUT2D eigenvalue weighted by Gasteiger charge is -2.07. The molecule has 0 amide bonds. The minimum Gasteiger partial charge on any atom is -0.384 e. The Kier molecular flexibility index (Phi) is 3.33. The summed E-state index contributed by atoms with van der Waals surface area (Å²) in [6.07, 6.45) is 0.717. The summed E-state index contributed by atoms with van der Waals surface area (Å²) in [7, 11) is 1.67. The summed E-state index contributed by atoms with van der Waals surface area (Å²) in [5, 5.41) is 7.26. The van der Waals surface area contributed by atoms with Gasteiger partial charge in [0.05, 0.1) is 12.5 Å². The molecule has 1 aliphatic rings. The standard InChI is InChI=1S/C10H17N3O2/c1-7-5-11-6-8(7)10-12-9(13-15-10)3-4-14-2/h7-8,11H,3-6H2,1-2H3. The predicted molar refractivity (Wildman–Crippen MR) is 54.7 cm³/mol. The van der Waals surface area contributed by atoms with Crippen molar-refractivity contribution in [2.45, 2.75) is 19.3 Å². The second kappa shape index (κ2) is 4.72. The molecule has 1 aliphatic heterocycles. The summed E-state index contributed by atoms with van der Waals surface area (Å²) in [4.78, 5) is 4.38. The fraction of sp³-hybridized carbons (Fsp3) is 0.800. The van der Waals surface area contributed by atoms with Crippen LogP contribution in [0.2, 0.25) is 0 Å². The second-order valence-electron chi connectivity index (χ2n) is 4.03. The van der Waals surface area contributed by atoms with Gasteiger partial charge in [-0.05, 0) is 12.5 Å². The predicted octanol–water partition coefficient (Wildman–Crippen LogP) is 0.581. The van der Waals surface area contributed by atoms with Gasteiger partial charge in [0.2, 0.25) is 5.89 Å². The van der Waals surface area contributed by atoms with E-state index in [1.165, 1.54) is 0 Å². The number of aromatic nitrogens is 2. The molecule has 5 nitrogen and oxygen atoms in total. The number of methoxy groups -OCH3 is 1. The van der Waals surface area contributed by atoms with Crippen molar-refractivity contribution in [3.8, 4) is 0 Å². The van der Waals surface area contributed by atoms with E-state index in [9.17, 15) is 0 Å². The molecule has 2 unspecified atom stereocenters. The van der Waals surface area contributed by atoms with Crippen molar-refractivity contribution in [3.63, 3.8) is 0 Å². The summed E-state index contributed by atoms with van der Waals surface area (Å²) in [5.41, 5.74) is 0. The largest absolute Gasteiger partial charge is 0.384 e. The molecular weight excluding hydrogens is 194 g/mol. The van der Waals surface area contributed by atoms with Gasteiger partial charge in [-0.2, -0.15) is 4.98 Å². The normalized spacial score (nSPS) is 26.0. The SMILES string of the molecule is COCCc1noc(C2CNCC2C)n1. The Morgan fingerprint density at radius 1 is 1.53 bits per heavy atom. The van der Waals surface area contributed by atoms with Crippen LogP contribution in [0.25, 0.3) is 0 Å². The first-order valence-electron chi connectivity index (χ1n) is 5.33. The van der Waals surface area contributed by atoms with Gasteiger partial charge in [-0.1, -0.05) is 12.1 Å². The summed E-state index contributed by atoms with van der Waals surface area (Å²) < 4.78 is 10.2. The zero-order valence-corrected chi connectivity index (χ0v) is 9.19. The Hall–Kier alpha value is -0.940. The first-order valence-corrected chi connectivity index (χ1v) is 5.33. The molecule has 0 radical (unpaired) electrons. The number of rotatable bonds is 4. The van der Waals surface area contributed by atoms with Gasteiger partial charge < -0.3 is 14.6 Å². The van der Waals surface area contributed by atoms with Crippen LogP contribution in [-0.2, 0) is 11.2 Å². The van der Waals surface area contributed by atoms with Crippen LogP contribution >= 0.6 is 0 Å². The molecule has 0 aliphatic carbocycles. The van der Waals surface area contributed by atoms with E-state index in [1.54, 1.807) is 7.11 Å². The molecule has 2 heterocycles. The van der Waals surface area contributed by atoms with Crippen LogP contribution in [-0.4, -0.2) is 36.9 Å². The Morgan fingerprint density at radius 2 is 2.40 bits per heavy atom. The molecule has 15 heavy (non-hydrogen) atoms. The maximum absolute atomic E-state index is 5.26. The lowest BCUT2D eigenvalue weighted by atomic mass is 9.98. The Labute approximate surface area is 89.2 Å². The van der Waals surface area contributed by atoms with Gasteiger partial charge in [0.25, 0.3) is 0 Å². The molecule has 0 saturated carbocycles. The maximum Gasteiger partial charge on any atom is 0.231 e. The van der Waals surface area contributed by atoms with E-state index in [2.05, 4.69) is 22.4 Å². The van der Waals surface area contributed by atoms with Crippen molar-refractivity contribution in [2.24, 2.45) is 5.92 Å². The van der Waals surface area contributed by atoms with Gasteiger partial charge in [-0.3, -0.25) is 0 Å². The van der Waals surface area contributed by atoms with Crippen molar-refractivity contribution < 1.29 is 9.26 Å². The summed E-state index contributed by atoms with van der Waals surface area (Å²) in [6, 6.07) is 0. The zero-order valence-electron chi connectivity index (χ0n) is 9.19. The van der Waals surface area contributed by atoms with Gasteiger partial charge >= 0.3 is 0 Å². The van der Waals surface area contributed by atoms with E-state index in [-0.39, 0.29) is 0 Å². The number of hydrogen-bond donors (Lipinski definition) is 1. The van der Waals surface area contributed by atoms with E-state index in [1.807, 2.05) is 0 Å². The van der Waals surface area contributed by atoms with Gasteiger partial charge in [-0.25, -0.2) is 0 Å². The first-order chi connectivity index (χ1) is 7.31. The molecule has 1 fully saturated rings. The number of nitrogens with zero attached hydrogens (tertiary/aromatic N) is 2. The molecule has 1 aromatic rings. The van der Waals surface area contributed by atoms with Crippen LogP contribution < -0.4 is 5.32 Å². The first kappa shape index (κ1) is 10.6. The molecule has 2 atom stereocenters. The van der Waals surface area contributed by atoms with Crippen LogP contribution in [0, 0.1) is 5.92 Å². The van der Waals surface area contributed by atoms with Crippen LogP contribution in [0.3, 0.4) is 0 Å². The number of nitrogens with one attached hydrogen (secondary N) is 1. The highest BCUT2D eigenvalue weighted by molar-refractivity contribution is 5.00. The van der Waals surface area contributed by atoms with E-state index < -0.39 is 0 Å². The fourth-order valence-corrected chi connectivity index (χ4v) is 1.85. The van der Waals surface area contributed by atoms with Gasteiger partial charge in [0, 0.05) is 20.1 Å². The quantitative estimate of drug-likeness (QED) is 0.789. The Balaban J connectivity index is 1.99. The highest BCUT2D eigenvalue weighted by atomic mass is 16.5. The molecular formula is C10H17N3O2. The topological polar surface area (TPSA) is 60.2 Å². The summed E-state index contributed by atoms with van der Waals surface area (Å²) in [6.45, 7) is 4.80. The van der Waals surface area contributed by atoms with E-state index in [0.717, 1.165) is 24.8 Å². The van der Waals surface area contributed by atoms with Crippen molar-refractivity contribution in [1.82, 2.24) is 15.5 Å². The molecule has 1 aromatic heterocycles. The van der Waals surface area contributed by atoms with Crippen molar-refractivity contribution in [1.29, 1.82) is 0 Å². The highest BCUT2D eigenvalue weighted by Crippen LogP contribution is 2.25. The average molecular weight is 211 g/mol. The second-order valence-corrected chi connectivity index (χ2v) is 4.03. The van der Waals surface area contributed by atoms with E-state index in [0.29, 0.717) is 24.9 Å². The minimum atomic E-state index is 0.369.